The van der Waals surface area contributed by atoms with E-state index in [1.807, 2.05) is 26.0 Å². The molecule has 5 heteroatoms. The third kappa shape index (κ3) is 4.84. The Labute approximate surface area is 175 Å². The predicted octanol–water partition coefficient (Wildman–Crippen LogP) is 4.20. The van der Waals surface area contributed by atoms with Gasteiger partial charge in [0.25, 0.3) is 11.8 Å². The van der Waals surface area contributed by atoms with Gasteiger partial charge in [-0.05, 0) is 73.4 Å². The monoisotopic (exact) mass is 403 g/mol. The molecule has 0 bridgehead atoms. The lowest BCUT2D eigenvalue weighted by atomic mass is 10.0. The molecule has 0 saturated carbocycles. The van der Waals surface area contributed by atoms with E-state index in [9.17, 15) is 14.0 Å². The van der Waals surface area contributed by atoms with Crippen molar-refractivity contribution in [3.63, 3.8) is 0 Å². The number of nitrogens with zero attached hydrogens (tertiary/aromatic N) is 1. The molecule has 152 valence electrons. The van der Waals surface area contributed by atoms with Crippen LogP contribution in [0, 0.1) is 31.5 Å². The topological polar surface area (TPSA) is 46.6 Å². The number of hydrogen-bond acceptors (Lipinski definition) is 3. The van der Waals surface area contributed by atoms with Crippen molar-refractivity contribution in [2.75, 3.05) is 13.7 Å². The van der Waals surface area contributed by atoms with Crippen LogP contribution in [0.1, 0.15) is 28.7 Å². The van der Waals surface area contributed by atoms with Gasteiger partial charge in [-0.1, -0.05) is 24.0 Å². The van der Waals surface area contributed by atoms with Crippen molar-refractivity contribution in [1.82, 2.24) is 4.90 Å². The van der Waals surface area contributed by atoms with E-state index in [4.69, 9.17) is 4.74 Å². The summed E-state index contributed by atoms with van der Waals surface area (Å²) in [6.07, 6.45) is 5.32. The maximum Gasteiger partial charge on any atom is 0.268 e. The summed E-state index contributed by atoms with van der Waals surface area (Å²) in [4.78, 5) is 26.5. The van der Waals surface area contributed by atoms with Crippen LogP contribution in [-0.2, 0) is 9.59 Å². The number of aryl methyl sites for hydroxylation is 1. The minimum absolute atomic E-state index is 0.264. The van der Waals surface area contributed by atoms with Gasteiger partial charge in [0.2, 0.25) is 0 Å². The van der Waals surface area contributed by atoms with Gasteiger partial charge in [0, 0.05) is 18.2 Å². The molecule has 1 aliphatic heterocycles. The second kappa shape index (κ2) is 9.23. The molecule has 1 heterocycles. The highest BCUT2D eigenvalue weighted by molar-refractivity contribution is 6.11. The first kappa shape index (κ1) is 21.1. The highest BCUT2D eigenvalue weighted by Gasteiger charge is 2.25. The van der Waals surface area contributed by atoms with E-state index in [2.05, 4.69) is 11.8 Å². The van der Waals surface area contributed by atoms with E-state index in [-0.39, 0.29) is 11.4 Å². The third-order valence-corrected chi connectivity index (χ3v) is 4.91. The Hall–Kier alpha value is -3.65. The Balaban J connectivity index is 1.74. The lowest BCUT2D eigenvalue weighted by molar-refractivity contribution is -0.139. The van der Waals surface area contributed by atoms with Crippen molar-refractivity contribution in [3.05, 3.63) is 82.2 Å². The molecular formula is C25H22FNO3. The largest absolute Gasteiger partial charge is 0.496 e. The minimum atomic E-state index is -0.428. The molecule has 0 aromatic heterocycles. The summed E-state index contributed by atoms with van der Waals surface area (Å²) in [6.45, 7) is 4.25. The predicted molar refractivity (Wildman–Crippen MR) is 114 cm³/mol. The van der Waals surface area contributed by atoms with Crippen LogP contribution in [0.25, 0.3) is 6.08 Å². The van der Waals surface area contributed by atoms with Crippen molar-refractivity contribution < 1.29 is 18.7 Å². The summed E-state index contributed by atoms with van der Waals surface area (Å²) in [5.74, 6) is 5.21. The number of carbonyl (C=O) groups is 2. The summed E-state index contributed by atoms with van der Waals surface area (Å²) in [6, 6.07) is 9.51. The van der Waals surface area contributed by atoms with Gasteiger partial charge in [0.1, 0.15) is 11.6 Å². The molecule has 0 unspecified atom stereocenters. The second-order valence-electron chi connectivity index (χ2n) is 6.96. The van der Waals surface area contributed by atoms with Gasteiger partial charge in [0.05, 0.1) is 12.7 Å². The Bertz CT molecular complexity index is 1100. The van der Waals surface area contributed by atoms with Crippen LogP contribution in [0.3, 0.4) is 0 Å². The van der Waals surface area contributed by atoms with Crippen LogP contribution in [-0.4, -0.2) is 30.4 Å². The van der Waals surface area contributed by atoms with E-state index in [1.165, 1.54) is 23.1 Å². The first-order valence-electron chi connectivity index (χ1n) is 9.56. The number of benzene rings is 2. The molecule has 3 rings (SSSR count). The Morgan fingerprint density at radius 3 is 2.60 bits per heavy atom. The van der Waals surface area contributed by atoms with Gasteiger partial charge >= 0.3 is 0 Å². The molecule has 0 aliphatic carbocycles. The Kier molecular flexibility index (Phi) is 6.48. The van der Waals surface area contributed by atoms with Crippen molar-refractivity contribution >= 4 is 17.9 Å². The van der Waals surface area contributed by atoms with Crippen LogP contribution in [0.2, 0.25) is 0 Å². The zero-order valence-corrected chi connectivity index (χ0v) is 17.2. The number of carbonyl (C=O) groups excluding carboxylic acids is 2. The van der Waals surface area contributed by atoms with Crippen molar-refractivity contribution in [2.24, 2.45) is 0 Å². The minimum Gasteiger partial charge on any atom is -0.496 e. The zero-order valence-electron chi connectivity index (χ0n) is 17.2. The summed E-state index contributed by atoms with van der Waals surface area (Å²) in [5.41, 5.74) is 3.77. The van der Waals surface area contributed by atoms with Gasteiger partial charge in [-0.25, -0.2) is 4.39 Å². The van der Waals surface area contributed by atoms with E-state index < -0.39 is 11.8 Å². The summed E-state index contributed by atoms with van der Waals surface area (Å²) in [5, 5.41) is 0. The molecule has 1 aliphatic rings. The van der Waals surface area contributed by atoms with E-state index in [0.29, 0.717) is 18.5 Å². The molecule has 2 amide bonds. The highest BCUT2D eigenvalue weighted by Crippen LogP contribution is 2.24. The fourth-order valence-electron chi connectivity index (χ4n) is 3.08. The normalized spacial score (nSPS) is 13.7. The number of rotatable bonds is 3. The molecule has 0 saturated heterocycles. The standard InChI is InChI=1S/C25H22FNO3/c1-17-15-20(16-23(30-3)18(17)2)9-13-24(28)27-14-4-5-21(25(27)29)10-6-19-7-11-22(26)12-8-19/h5,7-9,11-13,15-16H,4,14H2,1-3H3/b13-9+. The number of methoxy groups -OCH3 is 1. The summed E-state index contributed by atoms with van der Waals surface area (Å²) < 4.78 is 18.4. The molecule has 2 aromatic carbocycles. The first-order valence-corrected chi connectivity index (χ1v) is 9.56. The maximum atomic E-state index is 13.0. The smallest absolute Gasteiger partial charge is 0.268 e. The van der Waals surface area contributed by atoms with E-state index in [0.717, 1.165) is 22.4 Å². The fourth-order valence-corrected chi connectivity index (χ4v) is 3.08. The average molecular weight is 403 g/mol. The van der Waals surface area contributed by atoms with Crippen LogP contribution < -0.4 is 4.74 Å². The van der Waals surface area contributed by atoms with Crippen LogP contribution in [0.4, 0.5) is 4.39 Å². The van der Waals surface area contributed by atoms with Crippen molar-refractivity contribution in [3.8, 4) is 17.6 Å². The van der Waals surface area contributed by atoms with Crippen LogP contribution in [0.5, 0.6) is 5.75 Å². The third-order valence-electron chi connectivity index (χ3n) is 4.91. The summed E-state index contributed by atoms with van der Waals surface area (Å²) in [7, 11) is 1.60. The lowest BCUT2D eigenvalue weighted by Gasteiger charge is -2.22. The number of ether oxygens (including phenoxy) is 1. The molecule has 2 aromatic rings. The van der Waals surface area contributed by atoms with Gasteiger partial charge in [-0.2, -0.15) is 0 Å². The Morgan fingerprint density at radius 1 is 1.17 bits per heavy atom. The molecule has 0 N–H and O–H groups in total. The van der Waals surface area contributed by atoms with Crippen LogP contribution >= 0.6 is 0 Å². The number of halogens is 1. The Morgan fingerprint density at radius 2 is 1.90 bits per heavy atom. The molecule has 30 heavy (non-hydrogen) atoms. The van der Waals surface area contributed by atoms with Gasteiger partial charge in [-0.3, -0.25) is 14.5 Å². The SMILES string of the molecule is COc1cc(/C=C/C(=O)N2CCC=C(C#Cc3ccc(F)cc3)C2=O)cc(C)c1C. The molecule has 0 radical (unpaired) electrons. The number of hydrogen-bond donors (Lipinski definition) is 0. The maximum absolute atomic E-state index is 13.0. The van der Waals surface area contributed by atoms with Gasteiger partial charge < -0.3 is 4.74 Å². The zero-order chi connectivity index (χ0) is 21.7. The highest BCUT2D eigenvalue weighted by atomic mass is 19.1. The number of amides is 2. The molecule has 4 nitrogen and oxygen atoms in total. The number of imide groups is 1. The fraction of sp³-hybridized carbons (Fsp3) is 0.200. The quantitative estimate of drug-likeness (QED) is 0.570. The lowest BCUT2D eigenvalue weighted by Crippen LogP contribution is -2.39. The van der Waals surface area contributed by atoms with Crippen molar-refractivity contribution in [1.29, 1.82) is 0 Å². The average Bonchev–Trinajstić information content (AvgIpc) is 2.74. The van der Waals surface area contributed by atoms with Gasteiger partial charge in [0.15, 0.2) is 0 Å². The van der Waals surface area contributed by atoms with Crippen molar-refractivity contribution in [2.45, 2.75) is 20.3 Å². The van der Waals surface area contributed by atoms with Crippen LogP contribution in [0.15, 0.2) is 54.1 Å². The molecule has 0 spiro atoms. The van der Waals surface area contributed by atoms with E-state index >= 15 is 0 Å². The molecule has 0 atom stereocenters. The van der Waals surface area contributed by atoms with E-state index in [1.54, 1.807) is 31.4 Å². The second-order valence-corrected chi connectivity index (χ2v) is 6.96. The molecular weight excluding hydrogens is 381 g/mol. The molecule has 0 fully saturated rings. The first-order chi connectivity index (χ1) is 14.4. The summed E-state index contributed by atoms with van der Waals surface area (Å²) >= 11 is 0. The van der Waals surface area contributed by atoms with Gasteiger partial charge in [-0.15, -0.1) is 0 Å².